The van der Waals surface area contributed by atoms with E-state index in [1.165, 1.54) is 0 Å². The Morgan fingerprint density at radius 1 is 1.12 bits per heavy atom. The molecule has 0 aromatic heterocycles. The summed E-state index contributed by atoms with van der Waals surface area (Å²) in [6, 6.07) is 5.76. The molecule has 0 radical (unpaired) electrons. The summed E-state index contributed by atoms with van der Waals surface area (Å²) in [5.74, 6) is 1.36. The fraction of sp³-hybridized carbons (Fsp3) is 0.600. The van der Waals surface area contributed by atoms with Crippen molar-refractivity contribution >= 4 is 11.9 Å². The average Bonchev–Trinajstić information content (AvgIpc) is 2.60. The van der Waals surface area contributed by atoms with Gasteiger partial charge in [-0.3, -0.25) is 9.59 Å². The van der Waals surface area contributed by atoms with Gasteiger partial charge in [-0.05, 0) is 43.9 Å². The molecule has 26 heavy (non-hydrogen) atoms. The zero-order valence-corrected chi connectivity index (χ0v) is 16.0. The van der Waals surface area contributed by atoms with Crippen LogP contribution in [-0.2, 0) is 20.7 Å². The summed E-state index contributed by atoms with van der Waals surface area (Å²) >= 11 is 0. The van der Waals surface area contributed by atoms with Crippen molar-refractivity contribution in [3.8, 4) is 11.5 Å². The SMILES string of the molecule is CCOC(=O)CCN(CCc1ccc(OC)c(OC)c1)C(=O)C1CCC1. The first-order chi connectivity index (χ1) is 12.6. The van der Waals surface area contributed by atoms with Crippen LogP contribution in [0.15, 0.2) is 18.2 Å². The molecule has 0 heterocycles. The largest absolute Gasteiger partial charge is 0.493 e. The molecule has 0 spiro atoms. The van der Waals surface area contributed by atoms with Crippen molar-refractivity contribution in [3.63, 3.8) is 0 Å². The zero-order valence-electron chi connectivity index (χ0n) is 16.0. The molecule has 0 unspecified atom stereocenters. The molecule has 0 atom stereocenters. The lowest BCUT2D eigenvalue weighted by molar-refractivity contribution is -0.145. The Labute approximate surface area is 155 Å². The minimum Gasteiger partial charge on any atom is -0.493 e. The number of carbonyl (C=O) groups is 2. The highest BCUT2D eigenvalue weighted by molar-refractivity contribution is 5.80. The van der Waals surface area contributed by atoms with Crippen LogP contribution in [0.3, 0.4) is 0 Å². The predicted octanol–water partition coefficient (Wildman–Crippen LogP) is 2.83. The van der Waals surface area contributed by atoms with E-state index in [1.54, 1.807) is 26.0 Å². The molecular formula is C20H29NO5. The fourth-order valence-corrected chi connectivity index (χ4v) is 3.01. The van der Waals surface area contributed by atoms with Crippen LogP contribution in [0.25, 0.3) is 0 Å². The van der Waals surface area contributed by atoms with Crippen LogP contribution in [0, 0.1) is 5.92 Å². The minimum atomic E-state index is -0.259. The van der Waals surface area contributed by atoms with Crippen LogP contribution >= 0.6 is 0 Å². The number of carbonyl (C=O) groups excluding carboxylic acids is 2. The maximum atomic E-state index is 12.7. The van der Waals surface area contributed by atoms with Gasteiger partial charge in [-0.2, -0.15) is 0 Å². The first-order valence-electron chi connectivity index (χ1n) is 9.24. The Morgan fingerprint density at radius 2 is 1.85 bits per heavy atom. The average molecular weight is 363 g/mol. The number of rotatable bonds is 10. The van der Waals surface area contributed by atoms with E-state index in [1.807, 2.05) is 18.2 Å². The van der Waals surface area contributed by atoms with Gasteiger partial charge < -0.3 is 19.1 Å². The summed E-state index contributed by atoms with van der Waals surface area (Å²) in [7, 11) is 3.21. The fourth-order valence-electron chi connectivity index (χ4n) is 3.01. The highest BCUT2D eigenvalue weighted by Crippen LogP contribution is 2.29. The maximum absolute atomic E-state index is 12.7. The molecule has 1 aliphatic rings. The summed E-state index contributed by atoms with van der Waals surface area (Å²) in [5, 5.41) is 0. The lowest BCUT2D eigenvalue weighted by Gasteiger charge is -2.31. The molecule has 0 bridgehead atoms. The third-order valence-corrected chi connectivity index (χ3v) is 4.78. The number of esters is 1. The molecule has 144 valence electrons. The van der Waals surface area contributed by atoms with Crippen LogP contribution < -0.4 is 9.47 Å². The molecule has 2 rings (SSSR count). The lowest BCUT2D eigenvalue weighted by Crippen LogP contribution is -2.41. The van der Waals surface area contributed by atoms with Crippen molar-refractivity contribution in [1.29, 1.82) is 0 Å². The molecule has 1 fully saturated rings. The van der Waals surface area contributed by atoms with Crippen LogP contribution in [-0.4, -0.2) is 50.7 Å². The Hall–Kier alpha value is -2.24. The van der Waals surface area contributed by atoms with Gasteiger partial charge in [0.2, 0.25) is 5.91 Å². The normalized spacial score (nSPS) is 13.7. The van der Waals surface area contributed by atoms with Crippen LogP contribution in [0.5, 0.6) is 11.5 Å². The van der Waals surface area contributed by atoms with E-state index in [0.717, 1.165) is 24.8 Å². The summed E-state index contributed by atoms with van der Waals surface area (Å²) in [4.78, 5) is 26.1. The molecule has 1 aromatic carbocycles. The van der Waals surface area contributed by atoms with E-state index >= 15 is 0 Å². The number of methoxy groups -OCH3 is 2. The Bertz CT molecular complexity index is 612. The molecule has 6 nitrogen and oxygen atoms in total. The van der Waals surface area contributed by atoms with Crippen LogP contribution in [0.2, 0.25) is 0 Å². The van der Waals surface area contributed by atoms with E-state index in [4.69, 9.17) is 14.2 Å². The second kappa shape index (κ2) is 10.0. The van der Waals surface area contributed by atoms with Crippen LogP contribution in [0.1, 0.15) is 38.2 Å². The van der Waals surface area contributed by atoms with Gasteiger partial charge in [0.25, 0.3) is 0 Å². The number of nitrogens with zero attached hydrogens (tertiary/aromatic N) is 1. The van der Waals surface area contributed by atoms with Crippen molar-refractivity contribution in [2.75, 3.05) is 33.9 Å². The van der Waals surface area contributed by atoms with Crippen LogP contribution in [0.4, 0.5) is 0 Å². The maximum Gasteiger partial charge on any atom is 0.307 e. The highest BCUT2D eigenvalue weighted by atomic mass is 16.5. The van der Waals surface area contributed by atoms with Crippen molar-refractivity contribution in [1.82, 2.24) is 4.90 Å². The Balaban J connectivity index is 1.98. The third kappa shape index (κ3) is 5.38. The Morgan fingerprint density at radius 3 is 2.42 bits per heavy atom. The molecule has 1 saturated carbocycles. The molecular weight excluding hydrogens is 334 g/mol. The summed E-state index contributed by atoms with van der Waals surface area (Å²) < 4.78 is 15.6. The van der Waals surface area contributed by atoms with Crippen molar-refractivity contribution in [2.45, 2.75) is 39.0 Å². The van der Waals surface area contributed by atoms with Gasteiger partial charge in [0.05, 0.1) is 27.2 Å². The van der Waals surface area contributed by atoms with Gasteiger partial charge in [-0.15, -0.1) is 0 Å². The molecule has 0 saturated heterocycles. The van der Waals surface area contributed by atoms with Crippen molar-refractivity contribution < 1.29 is 23.8 Å². The number of amides is 1. The molecule has 0 aliphatic heterocycles. The topological polar surface area (TPSA) is 65.1 Å². The van der Waals surface area contributed by atoms with E-state index in [9.17, 15) is 9.59 Å². The highest BCUT2D eigenvalue weighted by Gasteiger charge is 2.29. The second-order valence-electron chi connectivity index (χ2n) is 6.45. The van der Waals surface area contributed by atoms with Gasteiger partial charge >= 0.3 is 5.97 Å². The van der Waals surface area contributed by atoms with E-state index in [-0.39, 0.29) is 24.2 Å². The van der Waals surface area contributed by atoms with Gasteiger partial charge in [0.15, 0.2) is 11.5 Å². The molecule has 1 amide bonds. The van der Waals surface area contributed by atoms with E-state index in [2.05, 4.69) is 0 Å². The van der Waals surface area contributed by atoms with Crippen molar-refractivity contribution in [3.05, 3.63) is 23.8 Å². The summed E-state index contributed by atoms with van der Waals surface area (Å²) in [6.07, 6.45) is 3.94. The first-order valence-corrected chi connectivity index (χ1v) is 9.24. The van der Waals surface area contributed by atoms with Crippen molar-refractivity contribution in [2.24, 2.45) is 5.92 Å². The number of benzene rings is 1. The second-order valence-corrected chi connectivity index (χ2v) is 6.45. The summed E-state index contributed by atoms with van der Waals surface area (Å²) in [6.45, 7) is 3.12. The van der Waals surface area contributed by atoms with E-state index in [0.29, 0.717) is 37.6 Å². The quantitative estimate of drug-likeness (QED) is 0.598. The minimum absolute atomic E-state index is 0.114. The van der Waals surface area contributed by atoms with E-state index < -0.39 is 0 Å². The number of hydrogen-bond acceptors (Lipinski definition) is 5. The summed E-state index contributed by atoms with van der Waals surface area (Å²) in [5.41, 5.74) is 1.06. The van der Waals surface area contributed by atoms with Gasteiger partial charge in [-0.25, -0.2) is 0 Å². The number of ether oxygens (including phenoxy) is 3. The molecule has 1 aromatic rings. The Kier molecular flexibility index (Phi) is 7.75. The van der Waals surface area contributed by atoms with Gasteiger partial charge in [0, 0.05) is 19.0 Å². The smallest absolute Gasteiger partial charge is 0.307 e. The first kappa shape index (κ1) is 20.1. The predicted molar refractivity (Wildman–Crippen MR) is 98.4 cm³/mol. The zero-order chi connectivity index (χ0) is 18.9. The molecule has 0 N–H and O–H groups in total. The standard InChI is InChI=1S/C20H29NO5/c1-4-26-19(22)11-13-21(20(23)16-6-5-7-16)12-10-15-8-9-17(24-2)18(14-15)25-3/h8-9,14,16H,4-7,10-13H2,1-3H3. The molecule has 1 aliphatic carbocycles. The number of hydrogen-bond donors (Lipinski definition) is 0. The van der Waals surface area contributed by atoms with Gasteiger partial charge in [0.1, 0.15) is 0 Å². The van der Waals surface area contributed by atoms with Gasteiger partial charge in [-0.1, -0.05) is 12.5 Å². The molecule has 6 heteroatoms. The third-order valence-electron chi connectivity index (χ3n) is 4.78. The monoisotopic (exact) mass is 363 g/mol. The lowest BCUT2D eigenvalue weighted by atomic mass is 9.84.